The molecular weight excluding hydrogens is 306 g/mol. The van der Waals surface area contributed by atoms with Crippen LogP contribution >= 0.6 is 0 Å². The number of nitro groups is 1. The van der Waals surface area contributed by atoms with E-state index in [0.717, 1.165) is 6.07 Å². The molecule has 0 saturated carbocycles. The van der Waals surface area contributed by atoms with Crippen molar-refractivity contribution in [3.8, 4) is 0 Å². The zero-order valence-corrected chi connectivity index (χ0v) is 12.6. The van der Waals surface area contributed by atoms with Crippen LogP contribution in [0.5, 0.6) is 0 Å². The Hall–Kier alpha value is -1.52. The Morgan fingerprint density at radius 1 is 1.40 bits per heavy atom. The summed E-state index contributed by atoms with van der Waals surface area (Å²) in [6.45, 7) is -0.0492. The molecule has 0 aromatic heterocycles. The van der Waals surface area contributed by atoms with E-state index in [4.69, 9.17) is 0 Å². The molecule has 0 spiro atoms. The van der Waals surface area contributed by atoms with Gasteiger partial charge in [-0.1, -0.05) is 0 Å². The fourth-order valence-electron chi connectivity index (χ4n) is 1.43. The van der Waals surface area contributed by atoms with Gasteiger partial charge in [-0.3, -0.25) is 14.3 Å². The van der Waals surface area contributed by atoms with E-state index in [1.54, 1.807) is 7.05 Å². The minimum atomic E-state index is -4.03. The average Bonchev–Trinajstić information content (AvgIpc) is 2.37. The highest BCUT2D eigenvalue weighted by Crippen LogP contribution is 2.26. The molecule has 1 atom stereocenters. The zero-order chi connectivity index (χ0) is 15.3. The second-order valence-corrected chi connectivity index (χ2v) is 7.15. The predicted octanol–water partition coefficient (Wildman–Crippen LogP) is 0.293. The van der Waals surface area contributed by atoms with Crippen LogP contribution in [0.1, 0.15) is 0 Å². The van der Waals surface area contributed by atoms with Crippen LogP contribution in [0.25, 0.3) is 0 Å². The quantitative estimate of drug-likeness (QED) is 0.550. The Bertz CT molecular complexity index is 630. The van der Waals surface area contributed by atoms with E-state index in [1.807, 2.05) is 0 Å². The van der Waals surface area contributed by atoms with Gasteiger partial charge in [0.05, 0.1) is 4.92 Å². The number of sulfonamides is 1. The summed E-state index contributed by atoms with van der Waals surface area (Å²) in [7, 11) is -3.61. The van der Waals surface area contributed by atoms with Crippen LogP contribution in [0.15, 0.2) is 23.1 Å². The Labute approximate surface area is 119 Å². The molecule has 0 aliphatic rings. The first-order valence-electron chi connectivity index (χ1n) is 5.54. The van der Waals surface area contributed by atoms with Gasteiger partial charge in [-0.2, -0.15) is 0 Å². The van der Waals surface area contributed by atoms with Crippen molar-refractivity contribution in [2.24, 2.45) is 0 Å². The van der Waals surface area contributed by atoms with Crippen LogP contribution in [0.3, 0.4) is 0 Å². The van der Waals surface area contributed by atoms with Gasteiger partial charge in [-0.25, -0.2) is 13.1 Å². The van der Waals surface area contributed by atoms with E-state index in [2.05, 4.69) is 10.0 Å². The van der Waals surface area contributed by atoms with E-state index in [1.165, 1.54) is 18.4 Å². The first-order chi connectivity index (χ1) is 9.27. The van der Waals surface area contributed by atoms with Crippen LogP contribution in [-0.2, 0) is 20.8 Å². The lowest BCUT2D eigenvalue weighted by atomic mass is 10.3. The summed E-state index contributed by atoms with van der Waals surface area (Å²) >= 11 is 0. The summed E-state index contributed by atoms with van der Waals surface area (Å²) in [5.74, 6) is 0.138. The van der Waals surface area contributed by atoms with Crippen molar-refractivity contribution >= 4 is 32.2 Å². The number of nitrogens with one attached hydrogen (secondary N) is 2. The number of hydrogen-bond donors (Lipinski definition) is 2. The standard InChI is InChI=1S/C10H15N3O5S2/c1-11-8-3-4-9(13(14)15)10(7-8)20(17,18)12-5-6-19(2)16/h3-4,7,11-12H,5-6H2,1-2H3. The number of anilines is 1. The van der Waals surface area contributed by atoms with Gasteiger partial charge in [0.1, 0.15) is 0 Å². The second kappa shape index (κ2) is 6.77. The highest BCUT2D eigenvalue weighted by molar-refractivity contribution is 7.89. The largest absolute Gasteiger partial charge is 0.388 e. The molecule has 2 N–H and O–H groups in total. The molecule has 0 saturated heterocycles. The molecule has 1 unspecified atom stereocenters. The smallest absolute Gasteiger partial charge is 0.289 e. The monoisotopic (exact) mass is 321 g/mol. The van der Waals surface area contributed by atoms with Crippen LogP contribution in [-0.4, -0.2) is 43.2 Å². The lowest BCUT2D eigenvalue weighted by molar-refractivity contribution is -0.387. The summed E-state index contributed by atoms with van der Waals surface area (Å²) in [6.07, 6.45) is 1.44. The molecule has 112 valence electrons. The highest BCUT2D eigenvalue weighted by atomic mass is 32.2. The van der Waals surface area contributed by atoms with Crippen molar-refractivity contribution in [3.63, 3.8) is 0 Å². The van der Waals surface area contributed by atoms with E-state index in [-0.39, 0.29) is 12.3 Å². The molecule has 0 amide bonds. The van der Waals surface area contributed by atoms with Crippen molar-refractivity contribution < 1.29 is 17.6 Å². The Morgan fingerprint density at radius 2 is 2.05 bits per heavy atom. The minimum Gasteiger partial charge on any atom is -0.388 e. The summed E-state index contributed by atoms with van der Waals surface area (Å²) in [6, 6.07) is 3.72. The molecule has 1 rings (SSSR count). The van der Waals surface area contributed by atoms with Gasteiger partial charge in [-0.15, -0.1) is 0 Å². The van der Waals surface area contributed by atoms with E-state index >= 15 is 0 Å². The van der Waals surface area contributed by atoms with Gasteiger partial charge in [-0.05, 0) is 12.1 Å². The van der Waals surface area contributed by atoms with Gasteiger partial charge >= 0.3 is 0 Å². The molecular formula is C10H15N3O5S2. The van der Waals surface area contributed by atoms with E-state index < -0.39 is 36.3 Å². The maximum Gasteiger partial charge on any atom is 0.289 e. The van der Waals surface area contributed by atoms with Crippen molar-refractivity contribution in [1.82, 2.24) is 4.72 Å². The van der Waals surface area contributed by atoms with Crippen LogP contribution in [0.4, 0.5) is 11.4 Å². The third-order valence-electron chi connectivity index (χ3n) is 2.42. The van der Waals surface area contributed by atoms with Crippen molar-refractivity contribution in [2.45, 2.75) is 4.90 Å². The summed E-state index contributed by atoms with van der Waals surface area (Å²) in [5.41, 5.74) is -0.0656. The number of nitrogens with zero attached hydrogens (tertiary/aromatic N) is 1. The van der Waals surface area contributed by atoms with Crippen molar-refractivity contribution in [3.05, 3.63) is 28.3 Å². The third-order valence-corrected chi connectivity index (χ3v) is 4.69. The number of benzene rings is 1. The fraction of sp³-hybridized carbons (Fsp3) is 0.400. The van der Waals surface area contributed by atoms with Crippen LogP contribution < -0.4 is 10.0 Å². The second-order valence-electron chi connectivity index (χ2n) is 3.86. The average molecular weight is 321 g/mol. The summed E-state index contributed by atoms with van der Waals surface area (Å²) in [5, 5.41) is 13.6. The first kappa shape index (κ1) is 16.5. The molecule has 0 fully saturated rings. The number of rotatable bonds is 7. The maximum atomic E-state index is 12.1. The van der Waals surface area contributed by atoms with Crippen LogP contribution in [0, 0.1) is 10.1 Å². The first-order valence-corrected chi connectivity index (χ1v) is 8.75. The maximum absolute atomic E-state index is 12.1. The van der Waals surface area contributed by atoms with E-state index in [9.17, 15) is 22.7 Å². The number of nitro benzene ring substituents is 1. The van der Waals surface area contributed by atoms with Gasteiger partial charge < -0.3 is 5.32 Å². The van der Waals surface area contributed by atoms with Crippen LogP contribution in [0.2, 0.25) is 0 Å². The summed E-state index contributed by atoms with van der Waals surface area (Å²) in [4.78, 5) is 9.72. The third kappa shape index (κ3) is 4.25. The molecule has 0 aliphatic carbocycles. The van der Waals surface area contributed by atoms with Crippen molar-refractivity contribution in [2.75, 3.05) is 30.9 Å². The van der Waals surface area contributed by atoms with Gasteiger partial charge in [0.25, 0.3) is 5.69 Å². The lowest BCUT2D eigenvalue weighted by Crippen LogP contribution is -2.28. The Kier molecular flexibility index (Phi) is 5.60. The molecule has 0 radical (unpaired) electrons. The molecule has 0 heterocycles. The fourth-order valence-corrected chi connectivity index (χ4v) is 3.18. The Balaban J connectivity index is 3.14. The number of hydrogen-bond acceptors (Lipinski definition) is 6. The van der Waals surface area contributed by atoms with Gasteiger partial charge in [0.2, 0.25) is 10.0 Å². The van der Waals surface area contributed by atoms with Gasteiger partial charge in [0, 0.05) is 48.2 Å². The molecule has 1 aromatic carbocycles. The predicted molar refractivity (Wildman–Crippen MR) is 76.8 cm³/mol. The molecule has 10 heteroatoms. The summed E-state index contributed by atoms with van der Waals surface area (Å²) < 4.78 is 37.2. The normalized spacial score (nSPS) is 12.9. The zero-order valence-electron chi connectivity index (χ0n) is 11.0. The van der Waals surface area contributed by atoms with Crippen molar-refractivity contribution in [1.29, 1.82) is 0 Å². The Morgan fingerprint density at radius 3 is 2.55 bits per heavy atom. The minimum absolute atomic E-state index is 0.0492. The SMILES string of the molecule is CNc1ccc([N+](=O)[O-])c(S(=O)(=O)NCCS(C)=O)c1. The lowest BCUT2D eigenvalue weighted by Gasteiger charge is -2.08. The molecule has 0 aliphatic heterocycles. The molecule has 0 bridgehead atoms. The van der Waals surface area contributed by atoms with Gasteiger partial charge in [0.15, 0.2) is 4.90 Å². The van der Waals surface area contributed by atoms with E-state index in [0.29, 0.717) is 5.69 Å². The molecule has 20 heavy (non-hydrogen) atoms. The molecule has 1 aromatic rings. The topological polar surface area (TPSA) is 118 Å². The highest BCUT2D eigenvalue weighted by Gasteiger charge is 2.25. The molecule has 8 nitrogen and oxygen atoms in total.